The summed E-state index contributed by atoms with van der Waals surface area (Å²) in [6.45, 7) is 3.26. The standard InChI is InChI=1S/C19H21N3O4S/c1-12-11-16(7-10-18(12)20-13(2)23)21-19(24)14-3-8-17(9-4-14)27(25,26)22-15-5-6-15/h3-4,7-11,15,22H,5-6H2,1-2H3,(H,20,23)(H,21,24). The van der Waals surface area contributed by atoms with E-state index in [2.05, 4.69) is 15.4 Å². The lowest BCUT2D eigenvalue weighted by Crippen LogP contribution is -2.25. The van der Waals surface area contributed by atoms with Gasteiger partial charge in [0.05, 0.1) is 4.90 Å². The van der Waals surface area contributed by atoms with Gasteiger partial charge in [0.2, 0.25) is 15.9 Å². The molecule has 0 aliphatic heterocycles. The molecule has 0 radical (unpaired) electrons. The average Bonchev–Trinajstić information content (AvgIpc) is 3.40. The summed E-state index contributed by atoms with van der Waals surface area (Å²) in [6.07, 6.45) is 1.72. The number of carbonyl (C=O) groups is 2. The number of hydrogen-bond acceptors (Lipinski definition) is 4. The van der Waals surface area contributed by atoms with E-state index in [0.717, 1.165) is 18.4 Å². The molecule has 3 rings (SSSR count). The normalized spacial score (nSPS) is 13.9. The summed E-state index contributed by atoms with van der Waals surface area (Å²) in [4.78, 5) is 23.7. The van der Waals surface area contributed by atoms with Crippen molar-refractivity contribution in [2.45, 2.75) is 37.6 Å². The number of rotatable bonds is 6. The minimum Gasteiger partial charge on any atom is -0.326 e. The lowest BCUT2D eigenvalue weighted by atomic mass is 10.1. The Morgan fingerprint density at radius 1 is 1.00 bits per heavy atom. The molecule has 0 aromatic heterocycles. The van der Waals surface area contributed by atoms with Crippen LogP contribution in [0.5, 0.6) is 0 Å². The van der Waals surface area contributed by atoms with Crippen LogP contribution in [0, 0.1) is 6.92 Å². The van der Waals surface area contributed by atoms with Crippen molar-refractivity contribution in [3.05, 3.63) is 53.6 Å². The van der Waals surface area contributed by atoms with Crippen LogP contribution in [-0.4, -0.2) is 26.3 Å². The van der Waals surface area contributed by atoms with Crippen LogP contribution in [-0.2, 0) is 14.8 Å². The van der Waals surface area contributed by atoms with E-state index in [1.165, 1.54) is 31.2 Å². The topological polar surface area (TPSA) is 104 Å². The zero-order valence-electron chi connectivity index (χ0n) is 15.1. The fourth-order valence-electron chi connectivity index (χ4n) is 2.55. The lowest BCUT2D eigenvalue weighted by molar-refractivity contribution is -0.114. The lowest BCUT2D eigenvalue weighted by Gasteiger charge is -2.11. The molecular weight excluding hydrogens is 366 g/mol. The summed E-state index contributed by atoms with van der Waals surface area (Å²) in [5.74, 6) is -0.512. The van der Waals surface area contributed by atoms with Gasteiger partial charge in [-0.15, -0.1) is 0 Å². The molecule has 1 saturated carbocycles. The Labute approximate surface area is 158 Å². The van der Waals surface area contributed by atoms with E-state index >= 15 is 0 Å². The average molecular weight is 387 g/mol. The molecule has 0 saturated heterocycles. The summed E-state index contributed by atoms with van der Waals surface area (Å²) in [7, 11) is -3.53. The highest BCUT2D eigenvalue weighted by Crippen LogP contribution is 2.23. The maximum absolute atomic E-state index is 12.4. The van der Waals surface area contributed by atoms with Crippen molar-refractivity contribution < 1.29 is 18.0 Å². The van der Waals surface area contributed by atoms with Crippen LogP contribution in [0.1, 0.15) is 35.7 Å². The van der Waals surface area contributed by atoms with E-state index < -0.39 is 10.0 Å². The number of amides is 2. The molecule has 0 heterocycles. The van der Waals surface area contributed by atoms with E-state index in [1.807, 2.05) is 6.92 Å². The molecule has 8 heteroatoms. The van der Waals surface area contributed by atoms with Crippen molar-refractivity contribution in [3.8, 4) is 0 Å². The predicted molar refractivity (Wildman–Crippen MR) is 103 cm³/mol. The van der Waals surface area contributed by atoms with E-state index in [1.54, 1.807) is 18.2 Å². The molecule has 1 aliphatic rings. The van der Waals surface area contributed by atoms with Crippen LogP contribution in [0.3, 0.4) is 0 Å². The van der Waals surface area contributed by atoms with Crippen LogP contribution in [0.2, 0.25) is 0 Å². The van der Waals surface area contributed by atoms with E-state index in [4.69, 9.17) is 0 Å². The van der Waals surface area contributed by atoms with Crippen LogP contribution in [0.25, 0.3) is 0 Å². The second-order valence-corrected chi connectivity index (χ2v) is 8.30. The van der Waals surface area contributed by atoms with Crippen LogP contribution >= 0.6 is 0 Å². The highest BCUT2D eigenvalue weighted by atomic mass is 32.2. The van der Waals surface area contributed by atoms with Crippen molar-refractivity contribution >= 4 is 33.2 Å². The smallest absolute Gasteiger partial charge is 0.255 e. The first-order valence-electron chi connectivity index (χ1n) is 8.56. The minimum atomic E-state index is -3.53. The molecule has 0 unspecified atom stereocenters. The van der Waals surface area contributed by atoms with Gasteiger partial charge in [0.1, 0.15) is 0 Å². The first-order chi connectivity index (χ1) is 12.7. The third-order valence-corrected chi connectivity index (χ3v) is 5.66. The summed E-state index contributed by atoms with van der Waals surface area (Å²) in [5, 5.41) is 5.47. The molecule has 1 fully saturated rings. The minimum absolute atomic E-state index is 0.0293. The fourth-order valence-corrected chi connectivity index (χ4v) is 3.85. The summed E-state index contributed by atoms with van der Waals surface area (Å²) in [6, 6.07) is 11.0. The van der Waals surface area contributed by atoms with Gasteiger partial charge in [-0.3, -0.25) is 9.59 Å². The molecule has 3 N–H and O–H groups in total. The van der Waals surface area contributed by atoms with Gasteiger partial charge in [0.15, 0.2) is 0 Å². The number of sulfonamides is 1. The molecule has 2 aromatic rings. The zero-order valence-corrected chi connectivity index (χ0v) is 15.9. The van der Waals surface area contributed by atoms with Crippen molar-refractivity contribution in [2.75, 3.05) is 10.6 Å². The van der Waals surface area contributed by atoms with Crippen LogP contribution < -0.4 is 15.4 Å². The summed E-state index contributed by atoms with van der Waals surface area (Å²) >= 11 is 0. The van der Waals surface area contributed by atoms with Gasteiger partial charge in [-0.05, 0) is 67.8 Å². The molecular formula is C19H21N3O4S. The monoisotopic (exact) mass is 387 g/mol. The molecule has 0 bridgehead atoms. The van der Waals surface area contributed by atoms with E-state index in [9.17, 15) is 18.0 Å². The van der Waals surface area contributed by atoms with Crippen molar-refractivity contribution in [1.29, 1.82) is 0 Å². The SMILES string of the molecule is CC(=O)Nc1ccc(NC(=O)c2ccc(S(=O)(=O)NC3CC3)cc2)cc1C. The number of anilines is 2. The van der Waals surface area contributed by atoms with Gasteiger partial charge in [-0.25, -0.2) is 13.1 Å². The van der Waals surface area contributed by atoms with E-state index in [-0.39, 0.29) is 22.8 Å². The second kappa shape index (κ2) is 7.50. The molecule has 142 valence electrons. The molecule has 7 nitrogen and oxygen atoms in total. The van der Waals surface area contributed by atoms with E-state index in [0.29, 0.717) is 16.9 Å². The van der Waals surface area contributed by atoms with Crippen LogP contribution in [0.15, 0.2) is 47.4 Å². The molecule has 0 spiro atoms. The van der Waals surface area contributed by atoms with Gasteiger partial charge in [-0.1, -0.05) is 0 Å². The third-order valence-electron chi connectivity index (χ3n) is 4.12. The quantitative estimate of drug-likeness (QED) is 0.709. The number of carbonyl (C=O) groups excluding carboxylic acids is 2. The highest BCUT2D eigenvalue weighted by Gasteiger charge is 2.27. The maximum Gasteiger partial charge on any atom is 0.255 e. The zero-order chi connectivity index (χ0) is 19.6. The Balaban J connectivity index is 1.69. The van der Waals surface area contributed by atoms with Gasteiger partial charge in [0, 0.05) is 29.9 Å². The summed E-state index contributed by atoms with van der Waals surface area (Å²) < 4.78 is 26.9. The largest absolute Gasteiger partial charge is 0.326 e. The van der Waals surface area contributed by atoms with Crippen molar-refractivity contribution in [1.82, 2.24) is 4.72 Å². The Kier molecular flexibility index (Phi) is 5.29. The Morgan fingerprint density at radius 3 is 2.22 bits per heavy atom. The predicted octanol–water partition coefficient (Wildman–Crippen LogP) is 2.65. The first kappa shape index (κ1) is 19.1. The van der Waals surface area contributed by atoms with Gasteiger partial charge in [0.25, 0.3) is 5.91 Å². The number of nitrogens with one attached hydrogen (secondary N) is 3. The number of hydrogen-bond donors (Lipinski definition) is 3. The van der Waals surface area contributed by atoms with Crippen molar-refractivity contribution in [3.63, 3.8) is 0 Å². The Hall–Kier alpha value is -2.71. The Bertz CT molecular complexity index is 981. The molecule has 1 aliphatic carbocycles. The van der Waals surface area contributed by atoms with Gasteiger partial charge < -0.3 is 10.6 Å². The van der Waals surface area contributed by atoms with Crippen molar-refractivity contribution in [2.24, 2.45) is 0 Å². The fraction of sp³-hybridized carbons (Fsp3) is 0.263. The molecule has 0 atom stereocenters. The first-order valence-corrected chi connectivity index (χ1v) is 10.0. The molecule has 27 heavy (non-hydrogen) atoms. The number of aryl methyl sites for hydroxylation is 1. The third kappa shape index (κ3) is 4.93. The maximum atomic E-state index is 12.4. The number of benzene rings is 2. The highest BCUT2D eigenvalue weighted by molar-refractivity contribution is 7.89. The molecule has 2 amide bonds. The van der Waals surface area contributed by atoms with Gasteiger partial charge >= 0.3 is 0 Å². The Morgan fingerprint density at radius 2 is 1.67 bits per heavy atom. The second-order valence-electron chi connectivity index (χ2n) is 6.58. The van der Waals surface area contributed by atoms with Gasteiger partial charge in [-0.2, -0.15) is 0 Å². The summed E-state index contributed by atoms with van der Waals surface area (Å²) in [5.41, 5.74) is 2.43. The van der Waals surface area contributed by atoms with Crippen LogP contribution in [0.4, 0.5) is 11.4 Å². The molecule has 2 aromatic carbocycles.